The maximum Gasteiger partial charge on any atom is 0.270 e. The monoisotopic (exact) mass is 343 g/mol. The van der Waals surface area contributed by atoms with Gasteiger partial charge in [-0.1, -0.05) is 42.6 Å². The Kier molecular flexibility index (Phi) is 5.70. The van der Waals surface area contributed by atoms with Crippen molar-refractivity contribution in [2.45, 2.75) is 32.2 Å². The van der Waals surface area contributed by atoms with Crippen LogP contribution in [-0.4, -0.2) is 24.0 Å². The predicted molar refractivity (Wildman–Crippen MR) is 97.5 cm³/mol. The van der Waals surface area contributed by atoms with Crippen LogP contribution < -0.4 is 10.2 Å². The van der Waals surface area contributed by atoms with Gasteiger partial charge in [0.25, 0.3) is 5.91 Å². The Bertz CT molecular complexity index is 697. The van der Waals surface area contributed by atoms with Gasteiger partial charge in [-0.3, -0.25) is 9.78 Å². The van der Waals surface area contributed by atoms with Crippen molar-refractivity contribution in [1.29, 1.82) is 0 Å². The standard InChI is InChI=1S/C19H22ClN3O/c20-17-8-4-3-7-15(17)14-22-19(24)18-13-16(9-10-21-18)23-11-5-1-2-6-12-23/h3-4,7-10,13H,1-2,5-6,11-12,14H2,(H,22,24). The molecule has 4 nitrogen and oxygen atoms in total. The van der Waals surface area contributed by atoms with Crippen molar-refractivity contribution in [1.82, 2.24) is 10.3 Å². The number of carbonyl (C=O) groups is 1. The number of carbonyl (C=O) groups excluding carboxylic acids is 1. The maximum absolute atomic E-state index is 12.4. The molecular weight excluding hydrogens is 322 g/mol. The number of benzene rings is 1. The first kappa shape index (κ1) is 16.8. The number of pyridine rings is 1. The van der Waals surface area contributed by atoms with Crippen LogP contribution in [0.5, 0.6) is 0 Å². The molecule has 2 heterocycles. The summed E-state index contributed by atoms with van der Waals surface area (Å²) in [5.41, 5.74) is 2.43. The topological polar surface area (TPSA) is 45.2 Å². The SMILES string of the molecule is O=C(NCc1ccccc1Cl)c1cc(N2CCCCCC2)ccn1. The van der Waals surface area contributed by atoms with E-state index in [0.29, 0.717) is 17.3 Å². The summed E-state index contributed by atoms with van der Waals surface area (Å²) < 4.78 is 0. The van der Waals surface area contributed by atoms with Crippen LogP contribution in [0.15, 0.2) is 42.6 Å². The third-order valence-electron chi connectivity index (χ3n) is 4.34. The Morgan fingerprint density at radius 2 is 1.88 bits per heavy atom. The van der Waals surface area contributed by atoms with Crippen molar-refractivity contribution in [3.63, 3.8) is 0 Å². The molecule has 0 radical (unpaired) electrons. The van der Waals surface area contributed by atoms with Crippen LogP contribution in [0.25, 0.3) is 0 Å². The van der Waals surface area contributed by atoms with E-state index in [9.17, 15) is 4.79 Å². The van der Waals surface area contributed by atoms with E-state index in [0.717, 1.165) is 24.3 Å². The van der Waals surface area contributed by atoms with Crippen molar-refractivity contribution in [2.24, 2.45) is 0 Å². The van der Waals surface area contributed by atoms with E-state index in [-0.39, 0.29) is 5.91 Å². The molecule has 1 N–H and O–H groups in total. The Balaban J connectivity index is 1.66. The van der Waals surface area contributed by atoms with Crippen molar-refractivity contribution in [3.05, 3.63) is 58.9 Å². The summed E-state index contributed by atoms with van der Waals surface area (Å²) >= 11 is 6.12. The number of rotatable bonds is 4. The van der Waals surface area contributed by atoms with E-state index in [4.69, 9.17) is 11.6 Å². The first-order valence-corrected chi connectivity index (χ1v) is 8.84. The highest BCUT2D eigenvalue weighted by molar-refractivity contribution is 6.31. The summed E-state index contributed by atoms with van der Waals surface area (Å²) in [6.45, 7) is 2.49. The predicted octanol–water partition coefficient (Wildman–Crippen LogP) is 4.05. The fourth-order valence-corrected chi connectivity index (χ4v) is 3.18. The average Bonchev–Trinajstić information content (AvgIpc) is 2.90. The average molecular weight is 344 g/mol. The minimum absolute atomic E-state index is 0.174. The molecule has 2 aromatic rings. The Hall–Kier alpha value is -2.07. The second kappa shape index (κ2) is 8.15. The van der Waals surface area contributed by atoms with Gasteiger partial charge in [-0.2, -0.15) is 0 Å². The number of hydrogen-bond donors (Lipinski definition) is 1. The van der Waals surface area contributed by atoms with Gasteiger partial charge in [0.15, 0.2) is 0 Å². The van der Waals surface area contributed by atoms with Gasteiger partial charge in [-0.05, 0) is 36.6 Å². The number of amides is 1. The van der Waals surface area contributed by atoms with Crippen molar-refractivity contribution >= 4 is 23.2 Å². The number of hydrogen-bond acceptors (Lipinski definition) is 3. The van der Waals surface area contributed by atoms with Crippen LogP contribution in [0.2, 0.25) is 5.02 Å². The summed E-state index contributed by atoms with van der Waals surface area (Å²) in [5, 5.41) is 3.55. The number of nitrogens with zero attached hydrogens (tertiary/aromatic N) is 2. The number of anilines is 1. The number of halogens is 1. The summed E-state index contributed by atoms with van der Waals surface area (Å²) in [6.07, 6.45) is 6.69. The van der Waals surface area contributed by atoms with Crippen LogP contribution in [0.3, 0.4) is 0 Å². The second-order valence-electron chi connectivity index (χ2n) is 6.07. The van der Waals surface area contributed by atoms with E-state index >= 15 is 0 Å². The minimum atomic E-state index is -0.174. The van der Waals surface area contributed by atoms with Crippen LogP contribution in [0.4, 0.5) is 5.69 Å². The molecule has 1 aromatic carbocycles. The molecule has 1 fully saturated rings. The van der Waals surface area contributed by atoms with E-state index < -0.39 is 0 Å². The van der Waals surface area contributed by atoms with Gasteiger partial charge in [-0.25, -0.2) is 0 Å². The number of nitrogens with one attached hydrogen (secondary N) is 1. The van der Waals surface area contributed by atoms with Crippen LogP contribution in [0.1, 0.15) is 41.7 Å². The normalized spacial score (nSPS) is 15.0. The smallest absolute Gasteiger partial charge is 0.270 e. The lowest BCUT2D eigenvalue weighted by Gasteiger charge is -2.22. The van der Waals surface area contributed by atoms with Crippen molar-refractivity contribution in [2.75, 3.05) is 18.0 Å². The third-order valence-corrected chi connectivity index (χ3v) is 4.71. The molecule has 0 atom stereocenters. The van der Waals surface area contributed by atoms with Gasteiger partial charge in [0.1, 0.15) is 5.69 Å². The van der Waals surface area contributed by atoms with Crippen LogP contribution in [0, 0.1) is 0 Å². The lowest BCUT2D eigenvalue weighted by Crippen LogP contribution is -2.26. The molecule has 5 heteroatoms. The third kappa shape index (κ3) is 4.26. The molecule has 0 bridgehead atoms. The zero-order valence-electron chi connectivity index (χ0n) is 13.7. The molecule has 126 valence electrons. The maximum atomic E-state index is 12.4. The van der Waals surface area contributed by atoms with Crippen molar-refractivity contribution in [3.8, 4) is 0 Å². The molecular formula is C19H22ClN3O. The van der Waals surface area contributed by atoms with Crippen LogP contribution in [-0.2, 0) is 6.54 Å². The molecule has 0 spiro atoms. The van der Waals surface area contributed by atoms with Gasteiger partial charge >= 0.3 is 0 Å². The second-order valence-corrected chi connectivity index (χ2v) is 6.48. The first-order valence-electron chi connectivity index (χ1n) is 8.46. The molecule has 1 aliphatic heterocycles. The lowest BCUT2D eigenvalue weighted by molar-refractivity contribution is 0.0946. The molecule has 1 aromatic heterocycles. The zero-order chi connectivity index (χ0) is 16.8. The fraction of sp³-hybridized carbons (Fsp3) is 0.368. The molecule has 1 aliphatic rings. The van der Waals surface area contributed by atoms with Gasteiger partial charge < -0.3 is 10.2 Å². The van der Waals surface area contributed by atoms with E-state index in [1.54, 1.807) is 6.20 Å². The Morgan fingerprint density at radius 1 is 1.12 bits per heavy atom. The lowest BCUT2D eigenvalue weighted by atomic mass is 10.2. The molecule has 1 saturated heterocycles. The minimum Gasteiger partial charge on any atom is -0.371 e. The van der Waals surface area contributed by atoms with Crippen LogP contribution >= 0.6 is 11.6 Å². The largest absolute Gasteiger partial charge is 0.371 e. The van der Waals surface area contributed by atoms with Gasteiger partial charge in [0, 0.05) is 36.5 Å². The number of aromatic nitrogens is 1. The van der Waals surface area contributed by atoms with E-state index in [1.165, 1.54) is 25.7 Å². The summed E-state index contributed by atoms with van der Waals surface area (Å²) in [7, 11) is 0. The van der Waals surface area contributed by atoms with E-state index in [2.05, 4.69) is 15.2 Å². The highest BCUT2D eigenvalue weighted by Crippen LogP contribution is 2.20. The van der Waals surface area contributed by atoms with Gasteiger partial charge in [0.2, 0.25) is 0 Å². The first-order chi connectivity index (χ1) is 11.7. The summed E-state index contributed by atoms with van der Waals surface area (Å²) in [6, 6.07) is 11.4. The highest BCUT2D eigenvalue weighted by Gasteiger charge is 2.13. The molecule has 0 saturated carbocycles. The van der Waals surface area contributed by atoms with Gasteiger partial charge in [-0.15, -0.1) is 0 Å². The molecule has 1 amide bonds. The highest BCUT2D eigenvalue weighted by atomic mass is 35.5. The fourth-order valence-electron chi connectivity index (χ4n) is 2.98. The quantitative estimate of drug-likeness (QED) is 0.911. The zero-order valence-corrected chi connectivity index (χ0v) is 14.4. The summed E-state index contributed by atoms with van der Waals surface area (Å²) in [4.78, 5) is 19.0. The summed E-state index contributed by atoms with van der Waals surface area (Å²) in [5.74, 6) is -0.174. The Morgan fingerprint density at radius 3 is 2.62 bits per heavy atom. The van der Waals surface area contributed by atoms with Gasteiger partial charge in [0.05, 0.1) is 0 Å². The molecule has 0 unspecified atom stereocenters. The van der Waals surface area contributed by atoms with E-state index in [1.807, 2.05) is 36.4 Å². The molecule has 24 heavy (non-hydrogen) atoms. The molecule has 0 aliphatic carbocycles. The van der Waals surface area contributed by atoms with Crippen molar-refractivity contribution < 1.29 is 4.79 Å². The molecule has 3 rings (SSSR count). The Labute approximate surface area is 147 Å².